The van der Waals surface area contributed by atoms with Crippen molar-refractivity contribution in [2.45, 2.75) is 0 Å². The average molecular weight is 351 g/mol. The van der Waals surface area contributed by atoms with Crippen molar-refractivity contribution in [1.82, 2.24) is 5.06 Å². The lowest BCUT2D eigenvalue weighted by molar-refractivity contribution is -0.181. The summed E-state index contributed by atoms with van der Waals surface area (Å²) >= 11 is 0. The minimum Gasteiger partial charge on any atom is -0.380 e. The summed E-state index contributed by atoms with van der Waals surface area (Å²) < 4.78 is 29.0. The Hall–Kier alpha value is -2.26. The van der Waals surface area contributed by atoms with Gasteiger partial charge in [-0.1, -0.05) is 17.2 Å². The van der Waals surface area contributed by atoms with Gasteiger partial charge in [0.1, 0.15) is 5.41 Å². The Kier molecular flexibility index (Phi) is 3.10. The lowest BCUT2D eigenvalue weighted by atomic mass is 9.81. The Bertz CT molecular complexity index is 843. The molecule has 3 aliphatic rings. The van der Waals surface area contributed by atoms with E-state index in [4.69, 9.17) is 9.57 Å². The molecule has 9 heteroatoms. The van der Waals surface area contributed by atoms with Gasteiger partial charge in [-0.3, -0.25) is 9.59 Å². The van der Waals surface area contributed by atoms with Gasteiger partial charge in [0.2, 0.25) is 0 Å². The van der Waals surface area contributed by atoms with Crippen LogP contribution in [0.25, 0.3) is 0 Å². The number of carbonyl (C=O) groups excluding carboxylic acids is 3. The molecule has 0 spiro atoms. The molecule has 2 atom stereocenters. The van der Waals surface area contributed by atoms with E-state index < -0.39 is 44.7 Å². The monoisotopic (exact) mass is 351 g/mol. The average Bonchev–Trinajstić information content (AvgIpc) is 3.11. The summed E-state index contributed by atoms with van der Waals surface area (Å²) in [5.41, 5.74) is -1.06. The quantitative estimate of drug-likeness (QED) is 0.679. The van der Waals surface area contributed by atoms with Crippen LogP contribution >= 0.6 is 0 Å². The summed E-state index contributed by atoms with van der Waals surface area (Å²) in [6.07, 6.45) is 0. The van der Waals surface area contributed by atoms with Crippen LogP contribution in [-0.4, -0.2) is 56.0 Å². The van der Waals surface area contributed by atoms with Crippen LogP contribution in [0.4, 0.5) is 0 Å². The van der Waals surface area contributed by atoms with Crippen molar-refractivity contribution in [2.75, 3.05) is 24.7 Å². The number of sulfone groups is 1. The van der Waals surface area contributed by atoms with E-state index >= 15 is 0 Å². The molecule has 0 aromatic heterocycles. The first kappa shape index (κ1) is 15.3. The molecule has 126 valence electrons. The number of carbonyl (C=O) groups is 3. The maximum atomic E-state index is 12.6. The molecule has 2 fully saturated rings. The fraction of sp³-hybridized carbons (Fsp3) is 0.400. The van der Waals surface area contributed by atoms with Gasteiger partial charge in [-0.05, 0) is 12.1 Å². The minimum atomic E-state index is -3.39. The van der Waals surface area contributed by atoms with E-state index in [-0.39, 0.29) is 30.1 Å². The van der Waals surface area contributed by atoms with E-state index in [0.29, 0.717) is 5.06 Å². The normalized spacial score (nSPS) is 30.3. The summed E-state index contributed by atoms with van der Waals surface area (Å²) in [6.45, 7) is 0.0371. The molecule has 0 unspecified atom stereocenters. The van der Waals surface area contributed by atoms with Crippen molar-refractivity contribution in [3.05, 3.63) is 35.4 Å². The molecular weight excluding hydrogens is 338 g/mol. The van der Waals surface area contributed by atoms with Crippen molar-refractivity contribution in [2.24, 2.45) is 11.3 Å². The Morgan fingerprint density at radius 3 is 2.46 bits per heavy atom. The van der Waals surface area contributed by atoms with Gasteiger partial charge in [-0.25, -0.2) is 13.2 Å². The molecule has 0 saturated carbocycles. The Morgan fingerprint density at radius 2 is 1.83 bits per heavy atom. The predicted molar refractivity (Wildman–Crippen MR) is 78.4 cm³/mol. The van der Waals surface area contributed by atoms with Crippen molar-refractivity contribution in [1.29, 1.82) is 0 Å². The van der Waals surface area contributed by atoms with E-state index in [0.717, 1.165) is 0 Å². The van der Waals surface area contributed by atoms with Gasteiger partial charge >= 0.3 is 5.97 Å². The van der Waals surface area contributed by atoms with Gasteiger partial charge in [0, 0.05) is 5.92 Å². The highest BCUT2D eigenvalue weighted by atomic mass is 32.2. The van der Waals surface area contributed by atoms with Crippen LogP contribution in [0.15, 0.2) is 24.3 Å². The zero-order valence-electron chi connectivity index (χ0n) is 12.4. The molecular formula is C15H13NO7S. The summed E-state index contributed by atoms with van der Waals surface area (Å²) in [5.74, 6) is -3.48. The number of rotatable bonds is 2. The van der Waals surface area contributed by atoms with E-state index in [2.05, 4.69) is 0 Å². The van der Waals surface area contributed by atoms with E-state index in [1.54, 1.807) is 12.1 Å². The third-order valence-electron chi connectivity index (χ3n) is 4.73. The van der Waals surface area contributed by atoms with Crippen LogP contribution in [0.5, 0.6) is 0 Å². The van der Waals surface area contributed by atoms with Crippen LogP contribution in [0, 0.1) is 11.3 Å². The zero-order valence-corrected chi connectivity index (χ0v) is 13.2. The van der Waals surface area contributed by atoms with Crippen molar-refractivity contribution in [3.63, 3.8) is 0 Å². The third-order valence-corrected chi connectivity index (χ3v) is 6.60. The molecule has 1 aromatic rings. The topological polar surface area (TPSA) is 107 Å². The Balaban J connectivity index is 1.62. The molecule has 1 aromatic carbocycles. The molecule has 24 heavy (non-hydrogen) atoms. The SMILES string of the molecule is O=C1c2ccccc2C(=O)N1OC(=O)[C@]12COC[C@H]1CS(=O)(=O)C2. The van der Waals surface area contributed by atoms with Gasteiger partial charge in [0.15, 0.2) is 9.84 Å². The van der Waals surface area contributed by atoms with Crippen molar-refractivity contribution >= 4 is 27.6 Å². The molecule has 0 bridgehead atoms. The number of hydroxylamine groups is 2. The highest BCUT2D eigenvalue weighted by Gasteiger charge is 2.61. The summed E-state index contributed by atoms with van der Waals surface area (Å²) in [4.78, 5) is 42.2. The third kappa shape index (κ3) is 2.01. The Labute approximate surface area is 137 Å². The van der Waals surface area contributed by atoms with Crippen molar-refractivity contribution < 1.29 is 32.4 Å². The number of amides is 2. The molecule has 2 amide bonds. The van der Waals surface area contributed by atoms with Gasteiger partial charge in [-0.15, -0.1) is 0 Å². The first-order valence-corrected chi connectivity index (χ1v) is 9.15. The Morgan fingerprint density at radius 1 is 1.21 bits per heavy atom. The summed E-state index contributed by atoms with van der Waals surface area (Å²) in [5, 5.41) is 0.405. The number of benzene rings is 1. The van der Waals surface area contributed by atoms with Gasteiger partial charge in [0.05, 0.1) is 35.8 Å². The molecule has 3 aliphatic heterocycles. The first-order valence-electron chi connectivity index (χ1n) is 7.32. The maximum Gasteiger partial charge on any atom is 0.343 e. The first-order chi connectivity index (χ1) is 11.3. The number of fused-ring (bicyclic) bond motifs is 2. The standard InChI is InChI=1S/C15H13NO7S/c17-12-10-3-1-2-4-11(10)13(18)16(12)23-14(19)15-7-22-5-9(15)6-24(20,21)8-15/h1-4,9H,5-8H2/t9-,15-/m0/s1. The van der Waals surface area contributed by atoms with Gasteiger partial charge in [-0.2, -0.15) is 0 Å². The second-order valence-electron chi connectivity index (χ2n) is 6.25. The second-order valence-corrected chi connectivity index (χ2v) is 8.36. The minimum absolute atomic E-state index is 0.0983. The molecule has 0 radical (unpaired) electrons. The second kappa shape index (κ2) is 4.87. The number of hydrogen-bond acceptors (Lipinski definition) is 7. The van der Waals surface area contributed by atoms with Crippen LogP contribution in [0.2, 0.25) is 0 Å². The van der Waals surface area contributed by atoms with Gasteiger partial charge < -0.3 is 9.57 Å². The summed E-state index contributed by atoms with van der Waals surface area (Å²) in [7, 11) is -3.39. The summed E-state index contributed by atoms with van der Waals surface area (Å²) in [6, 6.07) is 6.11. The number of nitrogens with zero attached hydrogens (tertiary/aromatic N) is 1. The fourth-order valence-corrected chi connectivity index (χ4v) is 5.86. The zero-order chi connectivity index (χ0) is 17.1. The van der Waals surface area contributed by atoms with E-state index in [1.165, 1.54) is 12.1 Å². The van der Waals surface area contributed by atoms with Crippen LogP contribution < -0.4 is 0 Å². The van der Waals surface area contributed by atoms with Crippen LogP contribution in [-0.2, 0) is 24.2 Å². The highest BCUT2D eigenvalue weighted by Crippen LogP contribution is 2.44. The van der Waals surface area contributed by atoms with Gasteiger partial charge in [0.25, 0.3) is 11.8 Å². The van der Waals surface area contributed by atoms with Crippen molar-refractivity contribution in [3.8, 4) is 0 Å². The number of ether oxygens (including phenoxy) is 1. The van der Waals surface area contributed by atoms with E-state index in [9.17, 15) is 22.8 Å². The lowest BCUT2D eigenvalue weighted by Crippen LogP contribution is -2.44. The smallest absolute Gasteiger partial charge is 0.343 e. The maximum absolute atomic E-state index is 12.6. The fourth-order valence-electron chi connectivity index (χ4n) is 3.49. The predicted octanol–water partition coefficient (Wildman–Crippen LogP) is -0.198. The largest absolute Gasteiger partial charge is 0.380 e. The van der Waals surface area contributed by atoms with E-state index in [1.807, 2.05) is 0 Å². The molecule has 4 rings (SSSR count). The molecule has 2 saturated heterocycles. The highest BCUT2D eigenvalue weighted by molar-refractivity contribution is 7.91. The number of imide groups is 1. The molecule has 8 nitrogen and oxygen atoms in total. The lowest BCUT2D eigenvalue weighted by Gasteiger charge is -2.24. The number of hydrogen-bond donors (Lipinski definition) is 0. The van der Waals surface area contributed by atoms with Crippen LogP contribution in [0.1, 0.15) is 20.7 Å². The molecule has 3 heterocycles. The van der Waals surface area contributed by atoms with Crippen LogP contribution in [0.3, 0.4) is 0 Å². The molecule has 0 N–H and O–H groups in total. The molecule has 0 aliphatic carbocycles.